The summed E-state index contributed by atoms with van der Waals surface area (Å²) in [6, 6.07) is 21.2. The fraction of sp³-hybridized carbons (Fsp3) is 0.158. The molecular weight excluding hydrogens is 310 g/mol. The first-order valence-corrected chi connectivity index (χ1v) is 8.76. The van der Waals surface area contributed by atoms with Gasteiger partial charge >= 0.3 is 14.1 Å². The second kappa shape index (κ2) is 6.13. The SMILES string of the molecule is c1cc(B2Nc3cccc4cccc(c34)N2)cc(B2OCCCO2)c1. The molecule has 122 valence electrons. The molecule has 0 atom stereocenters. The van der Waals surface area contributed by atoms with E-state index < -0.39 is 0 Å². The highest BCUT2D eigenvalue weighted by Crippen LogP contribution is 2.33. The van der Waals surface area contributed by atoms with Crippen LogP contribution in [0.15, 0.2) is 60.7 Å². The molecule has 0 spiro atoms. The zero-order valence-electron chi connectivity index (χ0n) is 13.9. The molecular formula is C19H18B2N2O2. The summed E-state index contributed by atoms with van der Waals surface area (Å²) in [6.45, 7) is 1.53. The number of rotatable bonds is 2. The summed E-state index contributed by atoms with van der Waals surface area (Å²) in [5, 5.41) is 9.72. The van der Waals surface area contributed by atoms with Gasteiger partial charge in [-0.25, -0.2) is 0 Å². The molecule has 0 amide bonds. The lowest BCUT2D eigenvalue weighted by atomic mass is 9.63. The average Bonchev–Trinajstić information content (AvgIpc) is 2.69. The van der Waals surface area contributed by atoms with E-state index >= 15 is 0 Å². The Kier molecular flexibility index (Phi) is 3.65. The monoisotopic (exact) mass is 328 g/mol. The van der Waals surface area contributed by atoms with E-state index in [2.05, 4.69) is 71.1 Å². The van der Waals surface area contributed by atoms with Crippen LogP contribution in [0.25, 0.3) is 10.8 Å². The molecule has 0 bridgehead atoms. The van der Waals surface area contributed by atoms with Gasteiger partial charge in [0.1, 0.15) is 0 Å². The first kappa shape index (κ1) is 14.9. The van der Waals surface area contributed by atoms with Crippen LogP contribution in [0.2, 0.25) is 0 Å². The third-order valence-corrected chi connectivity index (χ3v) is 4.85. The molecule has 0 aromatic heterocycles. The van der Waals surface area contributed by atoms with Crippen LogP contribution < -0.4 is 21.4 Å². The summed E-state index contributed by atoms with van der Waals surface area (Å²) in [7, 11) is -0.256. The smallest absolute Gasteiger partial charge is 0.407 e. The van der Waals surface area contributed by atoms with Crippen molar-refractivity contribution in [3.8, 4) is 0 Å². The van der Waals surface area contributed by atoms with Crippen molar-refractivity contribution in [1.82, 2.24) is 0 Å². The van der Waals surface area contributed by atoms with Gasteiger partial charge < -0.3 is 19.8 Å². The fourth-order valence-electron chi connectivity index (χ4n) is 3.66. The second-order valence-corrected chi connectivity index (χ2v) is 6.53. The van der Waals surface area contributed by atoms with Gasteiger partial charge in [0.15, 0.2) is 0 Å². The average molecular weight is 328 g/mol. The fourth-order valence-corrected chi connectivity index (χ4v) is 3.66. The van der Waals surface area contributed by atoms with Crippen LogP contribution in [-0.4, -0.2) is 27.3 Å². The van der Waals surface area contributed by atoms with Crippen molar-refractivity contribution in [2.45, 2.75) is 6.42 Å². The maximum Gasteiger partial charge on any atom is 0.493 e. The van der Waals surface area contributed by atoms with Gasteiger partial charge in [-0.2, -0.15) is 0 Å². The molecule has 2 aliphatic heterocycles. The summed E-state index contributed by atoms with van der Waals surface area (Å²) >= 11 is 0. The highest BCUT2D eigenvalue weighted by atomic mass is 16.6. The van der Waals surface area contributed by atoms with E-state index in [1.165, 1.54) is 16.2 Å². The van der Waals surface area contributed by atoms with E-state index in [1.807, 2.05) is 0 Å². The second-order valence-electron chi connectivity index (χ2n) is 6.53. The van der Waals surface area contributed by atoms with Crippen LogP contribution in [0.1, 0.15) is 6.42 Å². The number of hydrogen-bond acceptors (Lipinski definition) is 4. The molecule has 25 heavy (non-hydrogen) atoms. The van der Waals surface area contributed by atoms with Crippen LogP contribution in [0.4, 0.5) is 11.4 Å². The van der Waals surface area contributed by atoms with Crippen molar-refractivity contribution in [3.05, 3.63) is 60.7 Å². The third kappa shape index (κ3) is 2.68. The molecule has 1 saturated heterocycles. The van der Waals surface area contributed by atoms with Crippen LogP contribution in [0, 0.1) is 0 Å². The van der Waals surface area contributed by atoms with Gasteiger partial charge in [0, 0.05) is 30.0 Å². The predicted octanol–water partition coefficient (Wildman–Crippen LogP) is 2.20. The lowest BCUT2D eigenvalue weighted by Crippen LogP contribution is -2.50. The van der Waals surface area contributed by atoms with Crippen LogP contribution in [0.3, 0.4) is 0 Å². The molecule has 0 unspecified atom stereocenters. The first-order valence-electron chi connectivity index (χ1n) is 8.76. The lowest BCUT2D eigenvalue weighted by Gasteiger charge is -2.27. The normalized spacial score (nSPS) is 16.5. The van der Waals surface area contributed by atoms with Gasteiger partial charge in [0.05, 0.1) is 0 Å². The molecule has 2 heterocycles. The van der Waals surface area contributed by atoms with E-state index in [0.29, 0.717) is 0 Å². The van der Waals surface area contributed by atoms with Gasteiger partial charge in [0.25, 0.3) is 0 Å². The minimum absolute atomic E-state index is 0.0176. The third-order valence-electron chi connectivity index (χ3n) is 4.85. The van der Waals surface area contributed by atoms with Crippen molar-refractivity contribution >= 4 is 47.2 Å². The molecule has 2 N–H and O–H groups in total. The Hall–Kier alpha value is -2.43. The number of benzene rings is 3. The minimum Gasteiger partial charge on any atom is -0.407 e. The molecule has 3 aromatic carbocycles. The molecule has 0 aliphatic carbocycles. The van der Waals surface area contributed by atoms with Crippen molar-refractivity contribution in [3.63, 3.8) is 0 Å². The van der Waals surface area contributed by atoms with Crippen molar-refractivity contribution in [2.75, 3.05) is 23.7 Å². The largest absolute Gasteiger partial charge is 0.493 e. The van der Waals surface area contributed by atoms with Crippen LogP contribution >= 0.6 is 0 Å². The van der Waals surface area contributed by atoms with Gasteiger partial charge in [-0.05, 0) is 34.9 Å². The number of nitrogens with one attached hydrogen (secondary N) is 2. The summed E-state index contributed by atoms with van der Waals surface area (Å²) in [4.78, 5) is 0. The minimum atomic E-state index is -0.256. The van der Waals surface area contributed by atoms with Gasteiger partial charge in [-0.3, -0.25) is 0 Å². The topological polar surface area (TPSA) is 42.5 Å². The Labute approximate surface area is 147 Å². The van der Waals surface area contributed by atoms with Crippen molar-refractivity contribution in [1.29, 1.82) is 0 Å². The van der Waals surface area contributed by atoms with Crippen LogP contribution in [0.5, 0.6) is 0 Å². The van der Waals surface area contributed by atoms with Crippen molar-refractivity contribution < 1.29 is 9.31 Å². The Morgan fingerprint density at radius 3 is 2.12 bits per heavy atom. The molecule has 0 saturated carbocycles. The quantitative estimate of drug-likeness (QED) is 0.708. The van der Waals surface area contributed by atoms with Gasteiger partial charge in [0.2, 0.25) is 0 Å². The summed E-state index contributed by atoms with van der Waals surface area (Å²) in [6.07, 6.45) is 0.961. The molecule has 3 aromatic rings. The molecule has 5 rings (SSSR count). The van der Waals surface area contributed by atoms with E-state index in [-0.39, 0.29) is 14.1 Å². The van der Waals surface area contributed by atoms with Crippen molar-refractivity contribution in [2.24, 2.45) is 0 Å². The molecule has 4 nitrogen and oxygen atoms in total. The Morgan fingerprint density at radius 2 is 1.40 bits per heavy atom. The molecule has 1 fully saturated rings. The summed E-state index contributed by atoms with van der Waals surface area (Å²) in [5.74, 6) is 0. The molecule has 2 aliphatic rings. The van der Waals surface area contributed by atoms with E-state index in [0.717, 1.165) is 36.5 Å². The van der Waals surface area contributed by atoms with Crippen LogP contribution in [-0.2, 0) is 9.31 Å². The van der Waals surface area contributed by atoms with Gasteiger partial charge in [-0.15, -0.1) is 0 Å². The Bertz CT molecular complexity index is 887. The first-order chi connectivity index (χ1) is 12.4. The van der Waals surface area contributed by atoms with Gasteiger partial charge in [-0.1, -0.05) is 48.5 Å². The highest BCUT2D eigenvalue weighted by molar-refractivity contribution is 6.80. The number of hydrogen-bond donors (Lipinski definition) is 2. The van der Waals surface area contributed by atoms with E-state index in [9.17, 15) is 0 Å². The molecule has 0 radical (unpaired) electrons. The summed E-state index contributed by atoms with van der Waals surface area (Å²) in [5.41, 5.74) is 4.56. The maximum atomic E-state index is 5.75. The Balaban J connectivity index is 1.49. The zero-order valence-corrected chi connectivity index (χ0v) is 13.9. The summed E-state index contributed by atoms with van der Waals surface area (Å²) < 4.78 is 11.5. The lowest BCUT2D eigenvalue weighted by molar-refractivity contribution is 0.143. The molecule has 6 heteroatoms. The maximum absolute atomic E-state index is 5.75. The number of anilines is 2. The Morgan fingerprint density at radius 1 is 0.760 bits per heavy atom. The highest BCUT2D eigenvalue weighted by Gasteiger charge is 2.29. The predicted molar refractivity (Wildman–Crippen MR) is 105 cm³/mol. The zero-order chi connectivity index (χ0) is 16.6. The standard InChI is InChI=1S/C19H18B2N2O2/c1-5-14-6-2-10-18-19(14)17(9-1)22-20(23-18)15-7-3-8-16(13-15)21-24-11-4-12-25-21/h1-3,5-10,13,22-23H,4,11-12H2. The van der Waals surface area contributed by atoms with E-state index in [4.69, 9.17) is 9.31 Å². The van der Waals surface area contributed by atoms with E-state index in [1.54, 1.807) is 0 Å².